The van der Waals surface area contributed by atoms with Gasteiger partial charge in [0.1, 0.15) is 5.75 Å². The Balaban J connectivity index is 1.45. The lowest BCUT2D eigenvalue weighted by molar-refractivity contribution is 0.0928. The lowest BCUT2D eigenvalue weighted by Gasteiger charge is -2.22. The molecule has 1 aromatic heterocycles. The Labute approximate surface area is 140 Å². The summed E-state index contributed by atoms with van der Waals surface area (Å²) in [6, 6.07) is 12.2. The van der Waals surface area contributed by atoms with E-state index in [2.05, 4.69) is 10.2 Å². The highest BCUT2D eigenvalue weighted by atomic mass is 32.1. The zero-order valence-corrected chi connectivity index (χ0v) is 13.9. The van der Waals surface area contributed by atoms with E-state index < -0.39 is 0 Å². The maximum Gasteiger partial charge on any atom is 0.261 e. The van der Waals surface area contributed by atoms with Crippen LogP contribution in [0.1, 0.15) is 16.1 Å². The molecule has 2 aliphatic heterocycles. The molecule has 120 valence electrons. The molecule has 2 bridgehead atoms. The molecule has 3 atom stereocenters. The third-order valence-corrected chi connectivity index (χ3v) is 5.99. The first-order valence-electron chi connectivity index (χ1n) is 8.00. The summed E-state index contributed by atoms with van der Waals surface area (Å²) in [6.45, 7) is 3.34. The highest BCUT2D eigenvalue weighted by Gasteiger charge is 2.38. The molecule has 23 heavy (non-hydrogen) atoms. The zero-order chi connectivity index (χ0) is 15.8. The Hall–Kier alpha value is -1.85. The molecule has 0 saturated carbocycles. The Kier molecular flexibility index (Phi) is 3.83. The van der Waals surface area contributed by atoms with Gasteiger partial charge in [0.15, 0.2) is 0 Å². The Morgan fingerprint density at radius 3 is 2.70 bits per heavy atom. The average Bonchev–Trinajstić information content (AvgIpc) is 3.31. The standard InChI is InChI=1S/C18H20N2O2S/c1-22-14-4-2-12(3-5-14)16-6-7-17(23-16)18(21)19-15-11-20-9-8-13(15)10-20/h2-7,13,15H,8-11H2,1H3,(H,19,21)/t13-,15?/m0/s1. The summed E-state index contributed by atoms with van der Waals surface area (Å²) in [7, 11) is 1.66. The number of hydrogen-bond donors (Lipinski definition) is 1. The summed E-state index contributed by atoms with van der Waals surface area (Å²) < 4.78 is 5.18. The Morgan fingerprint density at radius 1 is 1.22 bits per heavy atom. The molecule has 4 rings (SSSR count). The maximum atomic E-state index is 12.5. The van der Waals surface area contributed by atoms with Crippen molar-refractivity contribution in [3.8, 4) is 16.2 Å². The quantitative estimate of drug-likeness (QED) is 0.938. The summed E-state index contributed by atoms with van der Waals surface area (Å²) in [5, 5.41) is 3.22. The normalized spacial score (nSPS) is 25.5. The van der Waals surface area contributed by atoms with Crippen molar-refractivity contribution in [3.05, 3.63) is 41.3 Å². The summed E-state index contributed by atoms with van der Waals surface area (Å²) in [5.41, 5.74) is 1.11. The van der Waals surface area contributed by atoms with Crippen LogP contribution in [0.2, 0.25) is 0 Å². The van der Waals surface area contributed by atoms with Gasteiger partial charge < -0.3 is 15.0 Å². The van der Waals surface area contributed by atoms with Gasteiger partial charge in [-0.25, -0.2) is 0 Å². The number of fused-ring (bicyclic) bond motifs is 2. The topological polar surface area (TPSA) is 41.6 Å². The lowest BCUT2D eigenvalue weighted by atomic mass is 10.00. The van der Waals surface area contributed by atoms with Gasteiger partial charge in [0.05, 0.1) is 12.0 Å². The van der Waals surface area contributed by atoms with Gasteiger partial charge in [-0.15, -0.1) is 11.3 Å². The number of nitrogens with one attached hydrogen (secondary N) is 1. The molecular formula is C18H20N2O2S. The predicted molar refractivity (Wildman–Crippen MR) is 92.1 cm³/mol. The lowest BCUT2D eigenvalue weighted by Crippen LogP contribution is -2.42. The van der Waals surface area contributed by atoms with E-state index in [1.807, 2.05) is 36.4 Å². The van der Waals surface area contributed by atoms with Crippen LogP contribution in [-0.2, 0) is 0 Å². The highest BCUT2D eigenvalue weighted by Crippen LogP contribution is 2.31. The minimum atomic E-state index is 0.0634. The number of carbonyl (C=O) groups is 1. The van der Waals surface area contributed by atoms with Crippen LogP contribution in [0.3, 0.4) is 0 Å². The summed E-state index contributed by atoms with van der Waals surface area (Å²) in [4.78, 5) is 16.8. The molecule has 3 heterocycles. The van der Waals surface area contributed by atoms with E-state index in [4.69, 9.17) is 4.74 Å². The summed E-state index contributed by atoms with van der Waals surface area (Å²) in [6.07, 6.45) is 1.21. The zero-order valence-electron chi connectivity index (χ0n) is 13.1. The predicted octanol–water partition coefficient (Wildman–Crippen LogP) is 2.86. The van der Waals surface area contributed by atoms with E-state index in [-0.39, 0.29) is 5.91 Å². The fourth-order valence-electron chi connectivity index (χ4n) is 3.56. The fourth-order valence-corrected chi connectivity index (χ4v) is 4.47. The molecule has 2 fully saturated rings. The monoisotopic (exact) mass is 328 g/mol. The molecule has 0 aliphatic carbocycles. The van der Waals surface area contributed by atoms with Crippen molar-refractivity contribution in [1.82, 2.24) is 10.2 Å². The number of thiophene rings is 1. The van der Waals surface area contributed by atoms with Crippen LogP contribution in [0, 0.1) is 5.92 Å². The molecule has 1 aromatic carbocycles. The third kappa shape index (κ3) is 2.86. The molecule has 0 radical (unpaired) electrons. The molecule has 2 aliphatic rings. The first-order chi connectivity index (χ1) is 11.2. The van der Waals surface area contributed by atoms with Crippen molar-refractivity contribution in [3.63, 3.8) is 0 Å². The Bertz CT molecular complexity index is 710. The third-order valence-electron chi connectivity index (χ3n) is 4.85. The first-order valence-corrected chi connectivity index (χ1v) is 8.82. The van der Waals surface area contributed by atoms with Crippen molar-refractivity contribution in [1.29, 1.82) is 0 Å². The minimum absolute atomic E-state index is 0.0634. The number of piperidine rings is 1. The van der Waals surface area contributed by atoms with Gasteiger partial charge in [0, 0.05) is 24.0 Å². The van der Waals surface area contributed by atoms with Crippen LogP contribution in [0.4, 0.5) is 0 Å². The molecule has 5 heteroatoms. The van der Waals surface area contributed by atoms with Crippen molar-refractivity contribution >= 4 is 17.2 Å². The van der Waals surface area contributed by atoms with E-state index >= 15 is 0 Å². The molecular weight excluding hydrogens is 308 g/mol. The molecule has 2 saturated heterocycles. The smallest absolute Gasteiger partial charge is 0.261 e. The van der Waals surface area contributed by atoms with E-state index in [9.17, 15) is 4.79 Å². The SMILES string of the molecule is COc1ccc(-c2ccc(C(=O)NC3CN4CC[C@H]3C4)s2)cc1. The number of ether oxygens (including phenoxy) is 1. The molecule has 4 nitrogen and oxygen atoms in total. The van der Waals surface area contributed by atoms with E-state index in [0.717, 1.165) is 34.2 Å². The number of rotatable bonds is 4. The van der Waals surface area contributed by atoms with Crippen LogP contribution >= 0.6 is 11.3 Å². The number of methoxy groups -OCH3 is 1. The second-order valence-electron chi connectivity index (χ2n) is 6.28. The second kappa shape index (κ2) is 5.98. The van der Waals surface area contributed by atoms with Gasteiger partial charge in [0.2, 0.25) is 0 Å². The van der Waals surface area contributed by atoms with Gasteiger partial charge in [-0.2, -0.15) is 0 Å². The van der Waals surface area contributed by atoms with Crippen molar-refractivity contribution < 1.29 is 9.53 Å². The van der Waals surface area contributed by atoms with Gasteiger partial charge >= 0.3 is 0 Å². The number of amides is 1. The highest BCUT2D eigenvalue weighted by molar-refractivity contribution is 7.17. The van der Waals surface area contributed by atoms with Crippen LogP contribution in [0.5, 0.6) is 5.75 Å². The van der Waals surface area contributed by atoms with Crippen LogP contribution in [0.15, 0.2) is 36.4 Å². The molecule has 1 N–H and O–H groups in total. The minimum Gasteiger partial charge on any atom is -0.497 e. The van der Waals surface area contributed by atoms with E-state index in [1.54, 1.807) is 18.4 Å². The second-order valence-corrected chi connectivity index (χ2v) is 7.36. The summed E-state index contributed by atoms with van der Waals surface area (Å²) in [5.74, 6) is 1.54. The van der Waals surface area contributed by atoms with Gasteiger partial charge in [-0.05, 0) is 60.8 Å². The van der Waals surface area contributed by atoms with Gasteiger partial charge in [-0.1, -0.05) is 0 Å². The average molecular weight is 328 g/mol. The Morgan fingerprint density at radius 2 is 2.04 bits per heavy atom. The number of benzene rings is 1. The number of carbonyl (C=O) groups excluding carboxylic acids is 1. The molecule has 2 unspecified atom stereocenters. The van der Waals surface area contributed by atoms with Crippen LogP contribution in [-0.4, -0.2) is 43.6 Å². The van der Waals surface area contributed by atoms with Crippen LogP contribution < -0.4 is 10.1 Å². The number of nitrogens with zero attached hydrogens (tertiary/aromatic N) is 1. The first kappa shape index (κ1) is 14.7. The fraction of sp³-hybridized carbons (Fsp3) is 0.389. The van der Waals surface area contributed by atoms with Crippen molar-refractivity contribution in [2.24, 2.45) is 5.92 Å². The van der Waals surface area contributed by atoms with Crippen molar-refractivity contribution in [2.45, 2.75) is 12.5 Å². The van der Waals surface area contributed by atoms with Crippen LogP contribution in [0.25, 0.3) is 10.4 Å². The van der Waals surface area contributed by atoms with Crippen molar-refractivity contribution in [2.75, 3.05) is 26.7 Å². The molecule has 1 amide bonds. The van der Waals surface area contributed by atoms with E-state index in [1.165, 1.54) is 13.0 Å². The molecule has 2 aromatic rings. The molecule has 0 spiro atoms. The largest absolute Gasteiger partial charge is 0.497 e. The van der Waals surface area contributed by atoms with Gasteiger partial charge in [0.25, 0.3) is 5.91 Å². The number of hydrogen-bond acceptors (Lipinski definition) is 4. The van der Waals surface area contributed by atoms with E-state index in [0.29, 0.717) is 12.0 Å². The summed E-state index contributed by atoms with van der Waals surface area (Å²) >= 11 is 1.54. The maximum absolute atomic E-state index is 12.5. The van der Waals surface area contributed by atoms with Gasteiger partial charge in [-0.3, -0.25) is 4.79 Å².